The first-order valence-corrected chi connectivity index (χ1v) is 6.81. The molecule has 0 aliphatic rings. The van der Waals surface area contributed by atoms with Gasteiger partial charge in [0.2, 0.25) is 0 Å². The first kappa shape index (κ1) is 14.9. The lowest BCUT2D eigenvalue weighted by Crippen LogP contribution is -2.09. The lowest BCUT2D eigenvalue weighted by atomic mass is 10.2. The molecule has 0 atom stereocenters. The zero-order chi connectivity index (χ0) is 14.9. The summed E-state index contributed by atoms with van der Waals surface area (Å²) in [4.78, 5) is 0. The third-order valence-electron chi connectivity index (χ3n) is 2.88. The van der Waals surface area contributed by atoms with Crippen LogP contribution in [-0.2, 0) is 6.54 Å². The summed E-state index contributed by atoms with van der Waals surface area (Å²) < 4.78 is 11.2. The van der Waals surface area contributed by atoms with E-state index >= 15 is 0 Å². The molecule has 2 aromatic carbocycles. The van der Waals surface area contributed by atoms with E-state index in [9.17, 15) is 0 Å². The van der Waals surface area contributed by atoms with Gasteiger partial charge in [-0.15, -0.1) is 0 Å². The fourth-order valence-corrected chi connectivity index (χ4v) is 1.89. The van der Waals surface area contributed by atoms with Gasteiger partial charge in [0.25, 0.3) is 0 Å². The fourth-order valence-electron chi connectivity index (χ4n) is 1.89. The van der Waals surface area contributed by atoms with Crippen LogP contribution in [-0.4, -0.2) is 20.3 Å². The monoisotopic (exact) mass is 282 g/mol. The van der Waals surface area contributed by atoms with Gasteiger partial charge in [0, 0.05) is 6.54 Å². The average molecular weight is 282 g/mol. The van der Waals surface area contributed by atoms with Crippen LogP contribution >= 0.6 is 0 Å². The minimum absolute atomic E-state index is 0.460. The van der Waals surface area contributed by atoms with Gasteiger partial charge in [0.15, 0.2) is 0 Å². The lowest BCUT2D eigenvalue weighted by molar-refractivity contribution is 0.217. The number of hydrogen-bond acceptors (Lipinski definition) is 4. The quantitative estimate of drug-likeness (QED) is 0.793. The summed E-state index contributed by atoms with van der Waals surface area (Å²) in [6.07, 6.45) is 0. The molecule has 2 rings (SSSR count). The van der Waals surface area contributed by atoms with E-state index in [1.54, 1.807) is 24.3 Å². The van der Waals surface area contributed by atoms with Gasteiger partial charge in [-0.2, -0.15) is 5.26 Å². The summed E-state index contributed by atoms with van der Waals surface area (Å²) >= 11 is 0. The maximum Gasteiger partial charge on any atom is 0.122 e. The maximum absolute atomic E-state index is 8.71. The summed E-state index contributed by atoms with van der Waals surface area (Å²) in [7, 11) is 1.92. The van der Waals surface area contributed by atoms with Gasteiger partial charge < -0.3 is 14.8 Å². The van der Waals surface area contributed by atoms with Crippen molar-refractivity contribution >= 4 is 0 Å². The van der Waals surface area contributed by atoms with E-state index in [1.807, 2.05) is 25.2 Å². The van der Waals surface area contributed by atoms with Crippen LogP contribution in [0.4, 0.5) is 0 Å². The normalized spacial score (nSPS) is 9.90. The Morgan fingerprint density at radius 3 is 2.38 bits per heavy atom. The second-order valence-corrected chi connectivity index (χ2v) is 4.51. The van der Waals surface area contributed by atoms with Crippen molar-refractivity contribution in [3.63, 3.8) is 0 Å². The maximum atomic E-state index is 8.71. The molecule has 0 amide bonds. The van der Waals surface area contributed by atoms with Crippen molar-refractivity contribution in [1.29, 1.82) is 5.26 Å². The Kier molecular flexibility index (Phi) is 5.62. The Morgan fingerprint density at radius 2 is 1.71 bits per heavy atom. The Hall–Kier alpha value is -2.51. The predicted octanol–water partition coefficient (Wildman–Crippen LogP) is 2.74. The molecule has 2 aromatic rings. The van der Waals surface area contributed by atoms with E-state index in [-0.39, 0.29) is 0 Å². The first-order chi connectivity index (χ1) is 10.3. The smallest absolute Gasteiger partial charge is 0.122 e. The van der Waals surface area contributed by atoms with Crippen molar-refractivity contribution in [2.45, 2.75) is 6.54 Å². The zero-order valence-corrected chi connectivity index (χ0v) is 12.0. The van der Waals surface area contributed by atoms with Gasteiger partial charge in [0.05, 0.1) is 11.6 Å². The number of ether oxygens (including phenoxy) is 2. The highest BCUT2D eigenvalue weighted by atomic mass is 16.5. The number of nitriles is 1. The molecule has 0 fully saturated rings. The molecule has 1 N–H and O–H groups in total. The Morgan fingerprint density at radius 1 is 1.00 bits per heavy atom. The second kappa shape index (κ2) is 7.93. The summed E-state index contributed by atoms with van der Waals surface area (Å²) in [6.45, 7) is 1.75. The fraction of sp³-hybridized carbons (Fsp3) is 0.235. The molecular formula is C17H18N2O2. The number of benzene rings is 2. The van der Waals surface area contributed by atoms with E-state index in [0.29, 0.717) is 18.8 Å². The van der Waals surface area contributed by atoms with Crippen LogP contribution in [0.25, 0.3) is 0 Å². The van der Waals surface area contributed by atoms with Crippen LogP contribution in [0.3, 0.4) is 0 Å². The van der Waals surface area contributed by atoms with Crippen LogP contribution in [0, 0.1) is 11.3 Å². The highest BCUT2D eigenvalue weighted by molar-refractivity contribution is 5.34. The highest BCUT2D eigenvalue weighted by Gasteiger charge is 1.98. The molecule has 0 heterocycles. The van der Waals surface area contributed by atoms with Gasteiger partial charge >= 0.3 is 0 Å². The highest BCUT2D eigenvalue weighted by Crippen LogP contribution is 2.14. The Bertz CT molecular complexity index is 603. The lowest BCUT2D eigenvalue weighted by Gasteiger charge is -2.09. The minimum Gasteiger partial charge on any atom is -0.490 e. The SMILES string of the molecule is CNCc1cccc(OCCOc2ccc(C#N)cc2)c1. The molecule has 0 bridgehead atoms. The number of nitrogens with zero attached hydrogens (tertiary/aromatic N) is 1. The van der Waals surface area contributed by atoms with Crippen LogP contribution < -0.4 is 14.8 Å². The zero-order valence-electron chi connectivity index (χ0n) is 12.0. The van der Waals surface area contributed by atoms with E-state index < -0.39 is 0 Å². The summed E-state index contributed by atoms with van der Waals surface area (Å²) in [5, 5.41) is 11.8. The molecular weight excluding hydrogens is 264 g/mol. The van der Waals surface area contributed by atoms with Gasteiger partial charge in [-0.1, -0.05) is 12.1 Å². The summed E-state index contributed by atoms with van der Waals surface area (Å²) in [5.74, 6) is 1.58. The van der Waals surface area contributed by atoms with Crippen molar-refractivity contribution in [3.8, 4) is 17.6 Å². The standard InChI is InChI=1S/C17H18N2O2/c1-19-13-15-3-2-4-17(11-15)21-10-9-20-16-7-5-14(12-18)6-8-16/h2-8,11,19H,9-10,13H2,1H3. The first-order valence-electron chi connectivity index (χ1n) is 6.81. The summed E-state index contributed by atoms with van der Waals surface area (Å²) in [5.41, 5.74) is 1.81. The third kappa shape index (κ3) is 4.83. The molecule has 108 valence electrons. The average Bonchev–Trinajstić information content (AvgIpc) is 2.53. The van der Waals surface area contributed by atoms with Crippen LogP contribution in [0.5, 0.6) is 11.5 Å². The molecule has 0 unspecified atom stereocenters. The van der Waals surface area contributed by atoms with Crippen molar-refractivity contribution in [2.24, 2.45) is 0 Å². The van der Waals surface area contributed by atoms with E-state index in [1.165, 1.54) is 5.56 Å². The van der Waals surface area contributed by atoms with Crippen LogP contribution in [0.1, 0.15) is 11.1 Å². The van der Waals surface area contributed by atoms with E-state index in [4.69, 9.17) is 14.7 Å². The largest absolute Gasteiger partial charge is 0.490 e. The topological polar surface area (TPSA) is 54.3 Å². The van der Waals surface area contributed by atoms with Gasteiger partial charge in [0.1, 0.15) is 24.7 Å². The summed E-state index contributed by atoms with van der Waals surface area (Å²) in [6, 6.07) is 17.1. The molecule has 0 aliphatic carbocycles. The van der Waals surface area contributed by atoms with Crippen molar-refractivity contribution in [3.05, 3.63) is 59.7 Å². The second-order valence-electron chi connectivity index (χ2n) is 4.51. The molecule has 0 saturated carbocycles. The number of hydrogen-bond donors (Lipinski definition) is 1. The molecule has 0 saturated heterocycles. The van der Waals surface area contributed by atoms with Crippen molar-refractivity contribution in [1.82, 2.24) is 5.32 Å². The van der Waals surface area contributed by atoms with Gasteiger partial charge in [-0.3, -0.25) is 0 Å². The predicted molar refractivity (Wildman–Crippen MR) is 81.4 cm³/mol. The van der Waals surface area contributed by atoms with E-state index in [0.717, 1.165) is 18.0 Å². The minimum atomic E-state index is 0.460. The molecule has 0 aliphatic heterocycles. The number of nitrogens with one attached hydrogen (secondary N) is 1. The number of rotatable bonds is 7. The molecule has 0 spiro atoms. The Labute approximate surface area is 124 Å². The molecule has 4 nitrogen and oxygen atoms in total. The molecule has 21 heavy (non-hydrogen) atoms. The van der Waals surface area contributed by atoms with E-state index in [2.05, 4.69) is 17.5 Å². The van der Waals surface area contributed by atoms with Crippen molar-refractivity contribution in [2.75, 3.05) is 20.3 Å². The van der Waals surface area contributed by atoms with Crippen LogP contribution in [0.2, 0.25) is 0 Å². The third-order valence-corrected chi connectivity index (χ3v) is 2.88. The molecule has 0 aromatic heterocycles. The van der Waals surface area contributed by atoms with Crippen LogP contribution in [0.15, 0.2) is 48.5 Å². The molecule has 4 heteroatoms. The Balaban J connectivity index is 1.76. The van der Waals surface area contributed by atoms with Gasteiger partial charge in [-0.25, -0.2) is 0 Å². The molecule has 0 radical (unpaired) electrons. The van der Waals surface area contributed by atoms with Crippen molar-refractivity contribution < 1.29 is 9.47 Å². The van der Waals surface area contributed by atoms with Gasteiger partial charge in [-0.05, 0) is 49.0 Å².